The van der Waals surface area contributed by atoms with Crippen LogP contribution >= 0.6 is 11.6 Å². The fraction of sp³-hybridized carbons (Fsp3) is 0.214. The van der Waals surface area contributed by atoms with E-state index in [0.717, 1.165) is 10.9 Å². The normalized spacial score (nSPS) is 10.4. The Morgan fingerprint density at radius 1 is 1.09 bits per heavy atom. The lowest BCUT2D eigenvalue weighted by molar-refractivity contribution is -0.137. The van der Waals surface area contributed by atoms with E-state index in [4.69, 9.17) is 16.7 Å². The number of benzene rings is 1. The number of carbonyl (C=O) groups is 3. The quantitative estimate of drug-likeness (QED) is 0.725. The topological polar surface area (TPSA) is 100 Å². The molecule has 0 aliphatic heterocycles. The Bertz CT molecular complexity index is 726. The van der Waals surface area contributed by atoms with Gasteiger partial charge in [0, 0.05) is 16.7 Å². The number of nitrogens with one attached hydrogen (secondary N) is 2. The molecule has 0 radical (unpaired) electrons. The van der Waals surface area contributed by atoms with E-state index >= 15 is 0 Å². The lowest BCUT2D eigenvalue weighted by Crippen LogP contribution is -2.40. The van der Waals surface area contributed by atoms with Crippen molar-refractivity contribution in [3.05, 3.63) is 35.5 Å². The standard InChI is InChI=1S/C14H14ClN3O4/c15-10-2-1-9-3-4-18(11(9)5-10)8-13(20)16-6-12(19)17-7-14(21)22/h1-5H,6-8H2,(H,16,20)(H,17,19)(H,21,22). The first kappa shape index (κ1) is 15.8. The monoisotopic (exact) mass is 323 g/mol. The summed E-state index contributed by atoms with van der Waals surface area (Å²) in [6.07, 6.45) is 1.76. The van der Waals surface area contributed by atoms with Gasteiger partial charge in [-0.15, -0.1) is 0 Å². The lowest BCUT2D eigenvalue weighted by atomic mass is 10.2. The molecule has 0 bridgehead atoms. The van der Waals surface area contributed by atoms with Crippen LogP contribution in [-0.2, 0) is 20.9 Å². The summed E-state index contributed by atoms with van der Waals surface area (Å²) in [4.78, 5) is 33.4. The first-order valence-corrected chi connectivity index (χ1v) is 6.83. The van der Waals surface area contributed by atoms with Crippen LogP contribution in [0.3, 0.4) is 0 Å². The highest BCUT2D eigenvalue weighted by atomic mass is 35.5. The minimum absolute atomic E-state index is 0.0378. The fourth-order valence-electron chi connectivity index (χ4n) is 1.92. The number of hydrogen-bond acceptors (Lipinski definition) is 3. The highest BCUT2D eigenvalue weighted by molar-refractivity contribution is 6.31. The molecule has 0 spiro atoms. The molecule has 22 heavy (non-hydrogen) atoms. The number of carbonyl (C=O) groups excluding carboxylic acids is 2. The van der Waals surface area contributed by atoms with Crippen molar-refractivity contribution < 1.29 is 19.5 Å². The second-order valence-electron chi connectivity index (χ2n) is 4.59. The molecule has 0 aliphatic rings. The summed E-state index contributed by atoms with van der Waals surface area (Å²) in [6.45, 7) is -0.711. The van der Waals surface area contributed by atoms with Crippen LogP contribution in [-0.4, -0.2) is 40.5 Å². The largest absolute Gasteiger partial charge is 0.480 e. The zero-order chi connectivity index (χ0) is 16.1. The fourth-order valence-corrected chi connectivity index (χ4v) is 2.09. The third-order valence-electron chi connectivity index (χ3n) is 2.93. The Balaban J connectivity index is 1.90. The van der Waals surface area contributed by atoms with Gasteiger partial charge in [-0.05, 0) is 23.6 Å². The molecule has 1 aromatic carbocycles. The predicted molar refractivity (Wildman–Crippen MR) is 80.6 cm³/mol. The first-order valence-electron chi connectivity index (χ1n) is 6.45. The number of fused-ring (bicyclic) bond motifs is 1. The van der Waals surface area contributed by atoms with Crippen LogP contribution in [0.15, 0.2) is 30.5 Å². The van der Waals surface area contributed by atoms with E-state index in [1.54, 1.807) is 22.9 Å². The van der Waals surface area contributed by atoms with Crippen LogP contribution in [0, 0.1) is 0 Å². The maximum atomic E-state index is 11.8. The molecule has 1 aromatic heterocycles. The van der Waals surface area contributed by atoms with E-state index < -0.39 is 18.4 Å². The molecule has 0 saturated heterocycles. The Morgan fingerprint density at radius 3 is 2.55 bits per heavy atom. The number of amides is 2. The van der Waals surface area contributed by atoms with Gasteiger partial charge in [0.1, 0.15) is 13.1 Å². The molecule has 1 heterocycles. The van der Waals surface area contributed by atoms with E-state index in [9.17, 15) is 14.4 Å². The average molecular weight is 324 g/mol. The molecule has 8 heteroatoms. The number of halogens is 1. The van der Waals surface area contributed by atoms with Gasteiger partial charge >= 0.3 is 5.97 Å². The molecule has 0 unspecified atom stereocenters. The highest BCUT2D eigenvalue weighted by Crippen LogP contribution is 2.20. The average Bonchev–Trinajstić information content (AvgIpc) is 2.85. The molecule has 0 atom stereocenters. The molecular formula is C14H14ClN3O4. The van der Waals surface area contributed by atoms with Crippen molar-refractivity contribution in [1.82, 2.24) is 15.2 Å². The van der Waals surface area contributed by atoms with E-state index in [-0.39, 0.29) is 19.0 Å². The summed E-state index contributed by atoms with van der Waals surface area (Å²) in [6, 6.07) is 7.23. The molecule has 2 aromatic rings. The van der Waals surface area contributed by atoms with Crippen LogP contribution in [0.4, 0.5) is 0 Å². The number of rotatable bonds is 6. The van der Waals surface area contributed by atoms with Gasteiger partial charge in [-0.25, -0.2) is 0 Å². The molecule has 2 amide bonds. The third kappa shape index (κ3) is 4.23. The molecule has 2 rings (SSSR count). The molecule has 116 valence electrons. The molecular weight excluding hydrogens is 310 g/mol. The molecule has 7 nitrogen and oxygen atoms in total. The molecule has 0 fully saturated rings. The van der Waals surface area contributed by atoms with Crippen LogP contribution in [0.5, 0.6) is 0 Å². The van der Waals surface area contributed by atoms with Crippen molar-refractivity contribution in [3.8, 4) is 0 Å². The molecule has 0 aliphatic carbocycles. The minimum atomic E-state index is -1.14. The lowest BCUT2D eigenvalue weighted by Gasteiger charge is -2.07. The summed E-state index contributed by atoms with van der Waals surface area (Å²) in [5.41, 5.74) is 0.818. The second-order valence-corrected chi connectivity index (χ2v) is 5.03. The van der Waals surface area contributed by atoms with Crippen molar-refractivity contribution in [2.75, 3.05) is 13.1 Å². The van der Waals surface area contributed by atoms with Gasteiger partial charge in [-0.3, -0.25) is 14.4 Å². The number of hydrogen-bond donors (Lipinski definition) is 3. The van der Waals surface area contributed by atoms with Crippen molar-refractivity contribution in [3.63, 3.8) is 0 Å². The van der Waals surface area contributed by atoms with Crippen molar-refractivity contribution >= 4 is 40.3 Å². The number of aromatic nitrogens is 1. The molecule has 0 saturated carbocycles. The van der Waals surface area contributed by atoms with Gasteiger partial charge in [0.15, 0.2) is 0 Å². The smallest absolute Gasteiger partial charge is 0.322 e. The van der Waals surface area contributed by atoms with E-state index in [1.807, 2.05) is 12.1 Å². The summed E-state index contributed by atoms with van der Waals surface area (Å²) in [5, 5.41) is 14.5. The summed E-state index contributed by atoms with van der Waals surface area (Å²) in [5.74, 6) is -2.06. The number of nitrogens with zero attached hydrogens (tertiary/aromatic N) is 1. The van der Waals surface area contributed by atoms with Crippen molar-refractivity contribution in [2.45, 2.75) is 6.54 Å². The Hall–Kier alpha value is -2.54. The van der Waals surface area contributed by atoms with Crippen molar-refractivity contribution in [1.29, 1.82) is 0 Å². The number of aliphatic carboxylic acids is 1. The van der Waals surface area contributed by atoms with Gasteiger partial charge < -0.3 is 20.3 Å². The maximum absolute atomic E-state index is 11.8. The first-order chi connectivity index (χ1) is 10.5. The van der Waals surface area contributed by atoms with Gasteiger partial charge in [0.05, 0.1) is 6.54 Å². The SMILES string of the molecule is O=C(O)CNC(=O)CNC(=O)Cn1ccc2ccc(Cl)cc21. The highest BCUT2D eigenvalue weighted by Gasteiger charge is 2.09. The van der Waals surface area contributed by atoms with Gasteiger partial charge in [-0.2, -0.15) is 0 Å². The van der Waals surface area contributed by atoms with Crippen LogP contribution in [0.2, 0.25) is 5.02 Å². The Labute approximate surface area is 130 Å². The maximum Gasteiger partial charge on any atom is 0.322 e. The zero-order valence-corrected chi connectivity index (χ0v) is 12.3. The van der Waals surface area contributed by atoms with Gasteiger partial charge in [-0.1, -0.05) is 17.7 Å². The third-order valence-corrected chi connectivity index (χ3v) is 3.17. The number of carboxylic acid groups (broad SMARTS) is 1. The van der Waals surface area contributed by atoms with Crippen LogP contribution in [0.25, 0.3) is 10.9 Å². The van der Waals surface area contributed by atoms with E-state index in [1.165, 1.54) is 0 Å². The van der Waals surface area contributed by atoms with Crippen molar-refractivity contribution in [2.24, 2.45) is 0 Å². The summed E-state index contributed by atoms with van der Waals surface area (Å²) in [7, 11) is 0. The summed E-state index contributed by atoms with van der Waals surface area (Å²) < 4.78 is 1.71. The summed E-state index contributed by atoms with van der Waals surface area (Å²) >= 11 is 5.93. The van der Waals surface area contributed by atoms with Gasteiger partial charge in [0.25, 0.3) is 0 Å². The minimum Gasteiger partial charge on any atom is -0.480 e. The van der Waals surface area contributed by atoms with E-state index in [0.29, 0.717) is 5.02 Å². The zero-order valence-electron chi connectivity index (χ0n) is 11.5. The number of carboxylic acids is 1. The van der Waals surface area contributed by atoms with Gasteiger partial charge in [0.2, 0.25) is 11.8 Å². The Kier molecular flexibility index (Phi) is 5.00. The molecule has 3 N–H and O–H groups in total. The van der Waals surface area contributed by atoms with Crippen LogP contribution < -0.4 is 10.6 Å². The predicted octanol–water partition coefficient (Wildman–Crippen LogP) is 0.612. The Morgan fingerprint density at radius 2 is 1.82 bits per heavy atom. The second kappa shape index (κ2) is 6.95. The van der Waals surface area contributed by atoms with E-state index in [2.05, 4.69) is 10.6 Å². The van der Waals surface area contributed by atoms with Crippen LogP contribution in [0.1, 0.15) is 0 Å².